The van der Waals surface area contributed by atoms with Crippen LogP contribution in [0.2, 0.25) is 0 Å². The molecule has 1 aromatic heterocycles. The molecule has 2 rings (SSSR count). The number of hydrogen-bond acceptors (Lipinski definition) is 6. The molecular formula is C4H3N5O3S. The molecule has 1 N–H and O–H groups in total. The highest BCUT2D eigenvalue weighted by Gasteiger charge is 2.43. The third-order valence-electron chi connectivity index (χ3n) is 1.30. The van der Waals surface area contributed by atoms with Gasteiger partial charge in [-0.15, -0.1) is 4.31 Å². The molecule has 8 nitrogen and oxygen atoms in total. The number of hydrogen-bond donors (Lipinski definition) is 1. The summed E-state index contributed by atoms with van der Waals surface area (Å²) < 4.78 is 24.0. The van der Waals surface area contributed by atoms with Crippen LogP contribution < -0.4 is 9.03 Å². The van der Waals surface area contributed by atoms with Gasteiger partial charge in [0.25, 0.3) is 5.95 Å². The Balaban J connectivity index is 2.43. The second kappa shape index (κ2) is 2.36. The van der Waals surface area contributed by atoms with Gasteiger partial charge >= 0.3 is 16.2 Å². The normalized spacial score (nSPS) is 19.1. The Morgan fingerprint density at radius 1 is 1.31 bits per heavy atom. The minimum absolute atomic E-state index is 0.209. The van der Waals surface area contributed by atoms with E-state index in [9.17, 15) is 13.2 Å². The van der Waals surface area contributed by atoms with E-state index < -0.39 is 16.2 Å². The lowest BCUT2D eigenvalue weighted by molar-refractivity contribution is 0.250. The first-order valence-electron chi connectivity index (χ1n) is 3.10. The van der Waals surface area contributed by atoms with Gasteiger partial charge in [-0.3, -0.25) is 0 Å². The van der Waals surface area contributed by atoms with Crippen molar-refractivity contribution in [1.29, 1.82) is 0 Å². The van der Waals surface area contributed by atoms with Gasteiger partial charge in [0.05, 0.1) is 0 Å². The van der Waals surface area contributed by atoms with Crippen LogP contribution in [0.15, 0.2) is 12.7 Å². The van der Waals surface area contributed by atoms with E-state index in [0.717, 1.165) is 12.7 Å². The predicted octanol–water partition coefficient (Wildman–Crippen LogP) is -1.35. The van der Waals surface area contributed by atoms with Crippen LogP contribution >= 0.6 is 0 Å². The minimum atomic E-state index is -3.74. The Morgan fingerprint density at radius 2 is 1.92 bits per heavy atom. The fourth-order valence-electron chi connectivity index (χ4n) is 0.804. The number of anilines is 1. The standard InChI is InChI=1S/C4H3N5O3S/c10-4-8-13(11,12)9(4)3-6-1-5-2-7-3/h1-2H,(H,8,10). The molecule has 0 aliphatic carbocycles. The van der Waals surface area contributed by atoms with Gasteiger partial charge in [0.2, 0.25) is 0 Å². The van der Waals surface area contributed by atoms with Gasteiger partial charge in [-0.05, 0) is 0 Å². The molecule has 1 fully saturated rings. The average Bonchev–Trinajstić information content (AvgIpc) is 2.04. The zero-order valence-electron chi connectivity index (χ0n) is 6.08. The van der Waals surface area contributed by atoms with Crippen LogP contribution in [0, 0.1) is 0 Å². The summed E-state index contributed by atoms with van der Waals surface area (Å²) in [6.45, 7) is 0. The molecule has 0 radical (unpaired) electrons. The molecule has 0 bridgehead atoms. The monoisotopic (exact) mass is 201 g/mol. The summed E-state index contributed by atoms with van der Waals surface area (Å²) in [6, 6.07) is -0.772. The lowest BCUT2D eigenvalue weighted by atomic mass is 10.8. The maximum Gasteiger partial charge on any atom is 0.354 e. The summed E-state index contributed by atoms with van der Waals surface area (Å²) in [6.07, 6.45) is 2.20. The maximum absolute atomic E-state index is 10.9. The van der Waals surface area contributed by atoms with E-state index in [1.807, 2.05) is 0 Å². The van der Waals surface area contributed by atoms with Crippen LogP contribution in [-0.2, 0) is 10.2 Å². The number of carbonyl (C=O) groups is 1. The second-order valence-electron chi connectivity index (χ2n) is 2.11. The Kier molecular flexibility index (Phi) is 1.42. The van der Waals surface area contributed by atoms with Crippen molar-refractivity contribution >= 4 is 22.2 Å². The molecule has 1 aliphatic rings. The molecule has 0 atom stereocenters. The highest BCUT2D eigenvalue weighted by atomic mass is 32.2. The molecular weight excluding hydrogens is 198 g/mol. The third kappa shape index (κ3) is 1.09. The van der Waals surface area contributed by atoms with E-state index in [4.69, 9.17) is 0 Å². The fourth-order valence-corrected chi connectivity index (χ4v) is 1.65. The van der Waals surface area contributed by atoms with Gasteiger partial charge in [-0.1, -0.05) is 0 Å². The largest absolute Gasteiger partial charge is 0.354 e. The number of nitrogens with one attached hydrogen (secondary N) is 1. The van der Waals surface area contributed by atoms with E-state index in [-0.39, 0.29) is 5.95 Å². The van der Waals surface area contributed by atoms with Gasteiger partial charge < -0.3 is 0 Å². The summed E-state index contributed by atoms with van der Waals surface area (Å²) >= 11 is 0. The summed E-state index contributed by atoms with van der Waals surface area (Å²) in [4.78, 5) is 21.3. The van der Waals surface area contributed by atoms with Crippen molar-refractivity contribution in [2.75, 3.05) is 4.31 Å². The number of urea groups is 1. The van der Waals surface area contributed by atoms with E-state index in [2.05, 4.69) is 15.0 Å². The molecule has 0 saturated carbocycles. The van der Waals surface area contributed by atoms with Crippen LogP contribution in [0.5, 0.6) is 0 Å². The quantitative estimate of drug-likeness (QED) is 0.602. The van der Waals surface area contributed by atoms with E-state index >= 15 is 0 Å². The molecule has 0 unspecified atom stereocenters. The van der Waals surface area contributed by atoms with Crippen LogP contribution in [0.25, 0.3) is 0 Å². The predicted molar refractivity (Wildman–Crippen MR) is 39.8 cm³/mol. The van der Waals surface area contributed by atoms with Crippen LogP contribution in [0.1, 0.15) is 0 Å². The maximum atomic E-state index is 10.9. The fraction of sp³-hybridized carbons (Fsp3) is 0. The second-order valence-corrected chi connectivity index (χ2v) is 3.63. The number of aromatic nitrogens is 3. The third-order valence-corrected chi connectivity index (χ3v) is 2.54. The molecule has 0 spiro atoms. The molecule has 13 heavy (non-hydrogen) atoms. The molecule has 68 valence electrons. The molecule has 2 heterocycles. The SMILES string of the molecule is O=C1NS(=O)(=O)N1c1ncncn1. The first kappa shape index (κ1) is 7.86. The Morgan fingerprint density at radius 3 is 2.38 bits per heavy atom. The number of rotatable bonds is 1. The molecule has 1 aliphatic heterocycles. The van der Waals surface area contributed by atoms with Gasteiger partial charge in [0, 0.05) is 0 Å². The van der Waals surface area contributed by atoms with Crippen molar-refractivity contribution in [3.05, 3.63) is 12.7 Å². The van der Waals surface area contributed by atoms with Gasteiger partial charge in [-0.25, -0.2) is 14.5 Å². The summed E-state index contributed by atoms with van der Waals surface area (Å²) in [5.74, 6) is -0.209. The van der Waals surface area contributed by atoms with E-state index in [0.29, 0.717) is 4.31 Å². The molecule has 1 aromatic rings. The van der Waals surface area contributed by atoms with Crippen molar-refractivity contribution in [2.24, 2.45) is 0 Å². The van der Waals surface area contributed by atoms with Gasteiger partial charge in [0.1, 0.15) is 12.7 Å². The smallest absolute Gasteiger partial charge is 0.246 e. The lowest BCUT2D eigenvalue weighted by Gasteiger charge is -2.27. The highest BCUT2D eigenvalue weighted by molar-refractivity contribution is 7.94. The summed E-state index contributed by atoms with van der Waals surface area (Å²) in [7, 11) is -3.74. The number of amides is 2. The molecule has 9 heteroatoms. The number of carbonyl (C=O) groups excluding carboxylic acids is 1. The Hall–Kier alpha value is -1.77. The number of nitrogens with zero attached hydrogens (tertiary/aromatic N) is 4. The topological polar surface area (TPSA) is 105 Å². The zero-order valence-corrected chi connectivity index (χ0v) is 6.89. The minimum Gasteiger partial charge on any atom is -0.246 e. The van der Waals surface area contributed by atoms with Crippen LogP contribution in [0.4, 0.5) is 10.7 Å². The van der Waals surface area contributed by atoms with Crippen LogP contribution in [0.3, 0.4) is 0 Å². The molecule has 1 saturated heterocycles. The molecule has 0 aromatic carbocycles. The van der Waals surface area contributed by atoms with Crippen molar-refractivity contribution in [2.45, 2.75) is 0 Å². The van der Waals surface area contributed by atoms with Crippen molar-refractivity contribution in [3.63, 3.8) is 0 Å². The van der Waals surface area contributed by atoms with Gasteiger partial charge in [0.15, 0.2) is 0 Å². The van der Waals surface area contributed by atoms with Crippen molar-refractivity contribution < 1.29 is 13.2 Å². The Bertz CT molecular complexity index is 442. The van der Waals surface area contributed by atoms with E-state index in [1.54, 1.807) is 4.72 Å². The first-order valence-corrected chi connectivity index (χ1v) is 4.54. The first-order chi connectivity index (χ1) is 6.11. The van der Waals surface area contributed by atoms with Crippen molar-refractivity contribution in [3.8, 4) is 0 Å². The lowest BCUT2D eigenvalue weighted by Crippen LogP contribution is -2.62. The highest BCUT2D eigenvalue weighted by Crippen LogP contribution is 2.16. The summed E-state index contributed by atoms with van der Waals surface area (Å²) in [5, 5.41) is 0. The summed E-state index contributed by atoms with van der Waals surface area (Å²) in [5.41, 5.74) is 0. The molecule has 2 amide bonds. The van der Waals surface area contributed by atoms with Crippen LogP contribution in [-0.4, -0.2) is 29.4 Å². The van der Waals surface area contributed by atoms with E-state index in [1.165, 1.54) is 0 Å². The van der Waals surface area contributed by atoms with Gasteiger partial charge in [-0.2, -0.15) is 18.4 Å². The zero-order chi connectivity index (χ0) is 9.47. The average molecular weight is 201 g/mol. The Labute approximate surface area is 72.8 Å². The van der Waals surface area contributed by atoms with Crippen molar-refractivity contribution in [1.82, 2.24) is 19.7 Å².